The number of hydrogen-bond acceptors (Lipinski definition) is 6. The molecule has 0 spiro atoms. The Balaban J connectivity index is 1.52. The van der Waals surface area contributed by atoms with Crippen molar-refractivity contribution in [3.8, 4) is 5.75 Å². The highest BCUT2D eigenvalue weighted by Crippen LogP contribution is 2.38. The quantitative estimate of drug-likeness (QED) is 0.488. The first-order valence-corrected chi connectivity index (χ1v) is 10.6. The Labute approximate surface area is 171 Å². The maximum Gasteiger partial charge on any atom is 0.526 e. The zero-order chi connectivity index (χ0) is 21.0. The van der Waals surface area contributed by atoms with Crippen molar-refractivity contribution in [3.63, 3.8) is 0 Å². The van der Waals surface area contributed by atoms with E-state index in [0.717, 1.165) is 37.7 Å². The van der Waals surface area contributed by atoms with Crippen molar-refractivity contribution in [2.24, 2.45) is 23.3 Å². The van der Waals surface area contributed by atoms with Crippen molar-refractivity contribution in [2.75, 3.05) is 6.54 Å². The largest absolute Gasteiger partial charge is 0.535 e. The fourth-order valence-corrected chi connectivity index (χ4v) is 4.77. The number of fused-ring (bicyclic) bond motifs is 1. The fourth-order valence-electron chi connectivity index (χ4n) is 4.77. The van der Waals surface area contributed by atoms with Crippen molar-refractivity contribution in [2.45, 2.75) is 63.2 Å². The van der Waals surface area contributed by atoms with Crippen LogP contribution in [0.25, 0.3) is 0 Å². The summed E-state index contributed by atoms with van der Waals surface area (Å²) in [4.78, 5) is 24.0. The van der Waals surface area contributed by atoms with Crippen molar-refractivity contribution in [3.05, 3.63) is 29.3 Å². The Morgan fingerprint density at radius 3 is 2.59 bits per heavy atom. The summed E-state index contributed by atoms with van der Waals surface area (Å²) >= 11 is 0. The third-order valence-corrected chi connectivity index (χ3v) is 6.45. The summed E-state index contributed by atoms with van der Waals surface area (Å²) in [5.41, 5.74) is 12.5. The molecule has 0 aromatic heterocycles. The highest BCUT2D eigenvalue weighted by molar-refractivity contribution is 6.47. The number of carbonyl (C=O) groups excluding carboxylic acids is 1. The van der Waals surface area contributed by atoms with Crippen LogP contribution in [0.3, 0.4) is 0 Å². The van der Waals surface area contributed by atoms with Crippen LogP contribution < -0.4 is 16.1 Å². The second-order valence-electron chi connectivity index (χ2n) is 8.54. The number of Topliss-reactive ketones (excluding diaryl/α,β-unsaturated/α-hetero) is 1. The standard InChI is InChI=1S/C21H31BN2O5/c23-9-8-19(24)14-6-4-13(5-7-14)10-17(25)12-16-11-15-2-1-3-18(21(26)27)20(15)29-22(16)28/h1-3,13-14,16,19,28H,4-12,23-24H2,(H,26,27)/t13?,14?,16-,19?/m1/s1. The molecule has 2 aliphatic rings. The molecular formula is C21H31BN2O5. The molecule has 1 aliphatic heterocycles. The van der Waals surface area contributed by atoms with Gasteiger partial charge in [0.1, 0.15) is 11.5 Å². The lowest BCUT2D eigenvalue weighted by atomic mass is 9.64. The molecule has 2 atom stereocenters. The second-order valence-corrected chi connectivity index (χ2v) is 8.54. The van der Waals surface area contributed by atoms with E-state index in [4.69, 9.17) is 16.1 Å². The molecule has 29 heavy (non-hydrogen) atoms. The van der Waals surface area contributed by atoms with Crippen LogP contribution >= 0.6 is 0 Å². The first kappa shape index (κ1) is 21.8. The molecule has 0 saturated heterocycles. The van der Waals surface area contributed by atoms with Gasteiger partial charge in [-0.15, -0.1) is 0 Å². The predicted molar refractivity (Wildman–Crippen MR) is 111 cm³/mol. The SMILES string of the molecule is NCCC(N)C1CCC(CC(=O)C[C@H]2Cc3cccc(C(=O)O)c3OB2O)CC1. The van der Waals surface area contributed by atoms with E-state index >= 15 is 0 Å². The van der Waals surface area contributed by atoms with Gasteiger partial charge in [-0.3, -0.25) is 4.79 Å². The van der Waals surface area contributed by atoms with E-state index in [1.54, 1.807) is 12.1 Å². The second kappa shape index (κ2) is 9.74. The zero-order valence-corrected chi connectivity index (χ0v) is 16.8. The Kier molecular flexibility index (Phi) is 7.32. The van der Waals surface area contributed by atoms with Crippen LogP contribution in [-0.4, -0.2) is 41.6 Å². The van der Waals surface area contributed by atoms with Gasteiger partial charge < -0.3 is 26.3 Å². The van der Waals surface area contributed by atoms with Crippen molar-refractivity contribution in [1.29, 1.82) is 0 Å². The van der Waals surface area contributed by atoms with Gasteiger partial charge in [0.25, 0.3) is 0 Å². The first-order valence-electron chi connectivity index (χ1n) is 10.6. The number of benzene rings is 1. The smallest absolute Gasteiger partial charge is 0.526 e. The van der Waals surface area contributed by atoms with Gasteiger partial charge in [0, 0.05) is 24.7 Å². The monoisotopic (exact) mass is 402 g/mol. The summed E-state index contributed by atoms with van der Waals surface area (Å²) < 4.78 is 5.49. The van der Waals surface area contributed by atoms with Gasteiger partial charge in [0.2, 0.25) is 0 Å². The normalized spacial score (nSPS) is 25.1. The summed E-state index contributed by atoms with van der Waals surface area (Å²) in [5, 5.41) is 19.6. The molecule has 3 rings (SSSR count). The number of carboxylic acids is 1. The summed E-state index contributed by atoms with van der Waals surface area (Å²) in [6, 6.07) is 5.06. The van der Waals surface area contributed by atoms with E-state index in [-0.39, 0.29) is 35.4 Å². The topological polar surface area (TPSA) is 136 Å². The van der Waals surface area contributed by atoms with E-state index in [0.29, 0.717) is 31.2 Å². The molecule has 1 fully saturated rings. The van der Waals surface area contributed by atoms with Crippen LogP contribution in [-0.2, 0) is 11.2 Å². The molecule has 0 bridgehead atoms. The van der Waals surface area contributed by atoms with Gasteiger partial charge in [0.05, 0.1) is 5.56 Å². The molecule has 158 valence electrons. The highest BCUT2D eigenvalue weighted by Gasteiger charge is 2.38. The fraction of sp³-hybridized carbons (Fsp3) is 0.619. The molecule has 8 heteroatoms. The van der Waals surface area contributed by atoms with Crippen LogP contribution in [0.5, 0.6) is 5.75 Å². The number of hydrogen-bond donors (Lipinski definition) is 4. The number of carboxylic acid groups (broad SMARTS) is 1. The van der Waals surface area contributed by atoms with E-state index < -0.39 is 13.1 Å². The number of ketones is 1. The number of rotatable bonds is 8. The van der Waals surface area contributed by atoms with E-state index in [2.05, 4.69) is 0 Å². The Bertz CT molecular complexity index is 736. The summed E-state index contributed by atoms with van der Waals surface area (Å²) in [6.45, 7) is 0.614. The highest BCUT2D eigenvalue weighted by atomic mass is 16.5. The minimum atomic E-state index is -1.17. The number of carbonyl (C=O) groups is 2. The van der Waals surface area contributed by atoms with Crippen LogP contribution in [0.2, 0.25) is 5.82 Å². The van der Waals surface area contributed by atoms with Crippen molar-refractivity contribution in [1.82, 2.24) is 0 Å². The molecule has 0 radical (unpaired) electrons. The molecule has 1 saturated carbocycles. The summed E-state index contributed by atoms with van der Waals surface area (Å²) in [6.07, 6.45) is 6.13. The van der Waals surface area contributed by atoms with Crippen molar-refractivity contribution < 1.29 is 24.4 Å². The van der Waals surface area contributed by atoms with E-state index in [9.17, 15) is 19.7 Å². The number of aromatic carboxylic acids is 1. The third kappa shape index (κ3) is 5.38. The average molecular weight is 402 g/mol. The van der Waals surface area contributed by atoms with E-state index in [1.165, 1.54) is 6.07 Å². The molecule has 1 aromatic carbocycles. The zero-order valence-electron chi connectivity index (χ0n) is 16.8. The summed E-state index contributed by atoms with van der Waals surface area (Å²) in [7, 11) is -1.17. The third-order valence-electron chi connectivity index (χ3n) is 6.45. The lowest BCUT2D eigenvalue weighted by molar-refractivity contribution is -0.120. The molecule has 1 unspecified atom stereocenters. The molecule has 1 aromatic rings. The van der Waals surface area contributed by atoms with Gasteiger partial charge in [-0.05, 0) is 68.5 Å². The van der Waals surface area contributed by atoms with Gasteiger partial charge in [-0.25, -0.2) is 4.79 Å². The van der Waals surface area contributed by atoms with Crippen LogP contribution in [0.1, 0.15) is 60.9 Å². The van der Waals surface area contributed by atoms with Crippen LogP contribution in [0.15, 0.2) is 18.2 Å². The minimum Gasteiger partial charge on any atom is -0.535 e. The van der Waals surface area contributed by atoms with Crippen LogP contribution in [0, 0.1) is 11.8 Å². The number of para-hydroxylation sites is 1. The number of nitrogens with two attached hydrogens (primary N) is 2. The van der Waals surface area contributed by atoms with Crippen molar-refractivity contribution >= 4 is 18.9 Å². The van der Waals surface area contributed by atoms with Gasteiger partial charge in [-0.1, -0.05) is 12.1 Å². The van der Waals surface area contributed by atoms with Gasteiger partial charge >= 0.3 is 13.1 Å². The molecular weight excluding hydrogens is 371 g/mol. The molecule has 6 N–H and O–H groups in total. The summed E-state index contributed by atoms with van der Waals surface area (Å²) in [5.74, 6) is -0.234. The maximum absolute atomic E-state index is 12.6. The van der Waals surface area contributed by atoms with Gasteiger partial charge in [0.15, 0.2) is 0 Å². The molecule has 1 heterocycles. The van der Waals surface area contributed by atoms with E-state index in [1.807, 2.05) is 0 Å². The van der Waals surface area contributed by atoms with Crippen LogP contribution in [0.4, 0.5) is 0 Å². The molecule has 1 aliphatic carbocycles. The molecule has 0 amide bonds. The lowest BCUT2D eigenvalue weighted by Crippen LogP contribution is -2.36. The maximum atomic E-state index is 12.6. The van der Waals surface area contributed by atoms with Gasteiger partial charge in [-0.2, -0.15) is 0 Å². The Morgan fingerprint density at radius 1 is 1.21 bits per heavy atom. The predicted octanol–water partition coefficient (Wildman–Crippen LogP) is 2.00. The Hall–Kier alpha value is -1.90. The Morgan fingerprint density at radius 2 is 1.93 bits per heavy atom. The average Bonchev–Trinajstić information content (AvgIpc) is 2.68. The first-order chi connectivity index (χ1) is 13.9. The minimum absolute atomic E-state index is 0.0379. The lowest BCUT2D eigenvalue weighted by Gasteiger charge is -2.32. The molecule has 7 nitrogen and oxygen atoms in total.